The first-order valence-corrected chi connectivity index (χ1v) is 8.85. The zero-order valence-electron chi connectivity index (χ0n) is 14.1. The van der Waals surface area contributed by atoms with Crippen molar-refractivity contribution in [1.82, 2.24) is 14.9 Å². The van der Waals surface area contributed by atoms with E-state index in [4.69, 9.17) is 32.7 Å². The van der Waals surface area contributed by atoms with Crippen LogP contribution in [0.5, 0.6) is 11.9 Å². The van der Waals surface area contributed by atoms with Gasteiger partial charge in [0.2, 0.25) is 5.88 Å². The third-order valence-electron chi connectivity index (χ3n) is 3.98. The van der Waals surface area contributed by atoms with Crippen LogP contribution in [0.1, 0.15) is 12.8 Å². The summed E-state index contributed by atoms with van der Waals surface area (Å²) < 4.78 is 10.8. The van der Waals surface area contributed by atoms with Gasteiger partial charge in [0, 0.05) is 43.9 Å². The molecule has 0 bridgehead atoms. The van der Waals surface area contributed by atoms with Crippen LogP contribution in [-0.4, -0.2) is 47.2 Å². The Hall–Kier alpha value is -2.25. The Bertz CT molecular complexity index is 782. The molecular formula is C17H18Cl2N4O3. The van der Waals surface area contributed by atoms with Crippen LogP contribution < -0.4 is 14.8 Å². The number of likely N-dealkylation sites (tertiary alicyclic amines) is 1. The number of piperidine rings is 1. The number of methoxy groups -OCH3 is 1. The maximum atomic E-state index is 12.4. The second kappa shape index (κ2) is 8.42. The fourth-order valence-electron chi connectivity index (χ4n) is 2.61. The van der Waals surface area contributed by atoms with E-state index in [0.717, 1.165) is 0 Å². The van der Waals surface area contributed by atoms with Crippen molar-refractivity contribution in [3.05, 3.63) is 40.5 Å². The molecule has 0 atom stereocenters. The lowest BCUT2D eigenvalue weighted by Crippen LogP contribution is -2.43. The normalized spacial score (nSPS) is 14.8. The average molecular weight is 397 g/mol. The van der Waals surface area contributed by atoms with Gasteiger partial charge in [-0.05, 0) is 18.2 Å². The van der Waals surface area contributed by atoms with Gasteiger partial charge in [-0.2, -0.15) is 4.98 Å². The van der Waals surface area contributed by atoms with E-state index < -0.39 is 0 Å². The smallest absolute Gasteiger partial charge is 0.321 e. The molecule has 26 heavy (non-hydrogen) atoms. The van der Waals surface area contributed by atoms with Gasteiger partial charge in [0.25, 0.3) is 0 Å². The molecule has 7 nitrogen and oxygen atoms in total. The van der Waals surface area contributed by atoms with Gasteiger partial charge in [-0.1, -0.05) is 23.2 Å². The Labute approximate surface area is 161 Å². The van der Waals surface area contributed by atoms with Crippen LogP contribution in [0.2, 0.25) is 10.0 Å². The maximum Gasteiger partial charge on any atom is 0.321 e. The molecular weight excluding hydrogens is 379 g/mol. The van der Waals surface area contributed by atoms with Crippen molar-refractivity contribution in [2.24, 2.45) is 0 Å². The number of nitrogens with zero attached hydrogens (tertiary/aromatic N) is 3. The van der Waals surface area contributed by atoms with Crippen molar-refractivity contribution in [2.45, 2.75) is 18.9 Å². The lowest BCUT2D eigenvalue weighted by atomic mass is 10.1. The molecule has 9 heteroatoms. The van der Waals surface area contributed by atoms with Gasteiger partial charge in [0.1, 0.15) is 6.10 Å². The fourth-order valence-corrected chi connectivity index (χ4v) is 2.91. The predicted molar refractivity (Wildman–Crippen MR) is 99.3 cm³/mol. The highest BCUT2D eigenvalue weighted by atomic mass is 35.5. The highest BCUT2D eigenvalue weighted by molar-refractivity contribution is 6.42. The number of hydrogen-bond acceptors (Lipinski definition) is 5. The summed E-state index contributed by atoms with van der Waals surface area (Å²) in [5, 5.41) is 3.67. The average Bonchev–Trinajstić information content (AvgIpc) is 2.65. The molecule has 0 aliphatic carbocycles. The van der Waals surface area contributed by atoms with E-state index in [0.29, 0.717) is 47.5 Å². The van der Waals surface area contributed by atoms with Gasteiger partial charge in [0.15, 0.2) is 0 Å². The first kappa shape index (κ1) is 18.5. The van der Waals surface area contributed by atoms with E-state index in [9.17, 15) is 4.79 Å². The lowest BCUT2D eigenvalue weighted by Gasteiger charge is -2.31. The first-order chi connectivity index (χ1) is 12.5. The van der Waals surface area contributed by atoms with E-state index in [1.165, 1.54) is 7.11 Å². The van der Waals surface area contributed by atoms with E-state index >= 15 is 0 Å². The third-order valence-corrected chi connectivity index (χ3v) is 4.72. The van der Waals surface area contributed by atoms with Crippen LogP contribution in [-0.2, 0) is 0 Å². The fraction of sp³-hybridized carbons (Fsp3) is 0.353. The molecule has 1 saturated heterocycles. The number of ether oxygens (including phenoxy) is 2. The van der Waals surface area contributed by atoms with Crippen LogP contribution in [0, 0.1) is 0 Å². The third kappa shape index (κ3) is 4.68. The molecule has 2 aromatic rings. The summed E-state index contributed by atoms with van der Waals surface area (Å²) in [7, 11) is 1.50. The number of rotatable bonds is 4. The molecule has 0 radical (unpaired) electrons. The van der Waals surface area contributed by atoms with E-state index in [1.54, 1.807) is 35.4 Å². The van der Waals surface area contributed by atoms with Gasteiger partial charge in [-0.15, -0.1) is 0 Å². The van der Waals surface area contributed by atoms with Crippen molar-refractivity contribution in [3.63, 3.8) is 0 Å². The number of halogens is 2. The van der Waals surface area contributed by atoms with Gasteiger partial charge in [-0.25, -0.2) is 9.78 Å². The molecule has 1 aromatic heterocycles. The van der Waals surface area contributed by atoms with Gasteiger partial charge in [0.05, 0.1) is 17.2 Å². The topological polar surface area (TPSA) is 76.6 Å². The molecule has 1 fully saturated rings. The number of nitrogens with one attached hydrogen (secondary N) is 1. The zero-order chi connectivity index (χ0) is 18.5. The number of urea groups is 1. The molecule has 2 amide bonds. The van der Waals surface area contributed by atoms with E-state index in [2.05, 4.69) is 15.3 Å². The van der Waals surface area contributed by atoms with E-state index in [1.807, 2.05) is 0 Å². The van der Waals surface area contributed by atoms with Crippen LogP contribution in [0.3, 0.4) is 0 Å². The van der Waals surface area contributed by atoms with Crippen molar-refractivity contribution in [3.8, 4) is 11.9 Å². The number of amides is 2. The zero-order valence-corrected chi connectivity index (χ0v) is 15.6. The first-order valence-electron chi connectivity index (χ1n) is 8.10. The monoisotopic (exact) mass is 396 g/mol. The molecule has 2 heterocycles. The molecule has 0 saturated carbocycles. The number of anilines is 1. The largest absolute Gasteiger partial charge is 0.474 e. The Morgan fingerprint density at radius 1 is 1.23 bits per heavy atom. The summed E-state index contributed by atoms with van der Waals surface area (Å²) in [6, 6.07) is 6.76. The highest BCUT2D eigenvalue weighted by Crippen LogP contribution is 2.25. The molecule has 3 rings (SSSR count). The molecule has 1 aliphatic heterocycles. The molecule has 138 valence electrons. The number of aromatic nitrogens is 2. The Kier molecular flexibility index (Phi) is 6.00. The van der Waals surface area contributed by atoms with E-state index in [-0.39, 0.29) is 18.1 Å². The van der Waals surface area contributed by atoms with Gasteiger partial charge in [-0.3, -0.25) is 0 Å². The summed E-state index contributed by atoms with van der Waals surface area (Å²) in [5.41, 5.74) is 0.607. The number of carbonyl (C=O) groups is 1. The Morgan fingerprint density at radius 3 is 2.69 bits per heavy atom. The number of hydrogen-bond donors (Lipinski definition) is 1. The number of carbonyl (C=O) groups excluding carboxylic acids is 1. The van der Waals surface area contributed by atoms with Crippen molar-refractivity contribution in [1.29, 1.82) is 0 Å². The Balaban J connectivity index is 1.51. The standard InChI is InChI=1S/C17H18Cl2N4O3/c1-25-16-20-7-4-15(22-16)26-12-5-8-23(9-6-12)17(24)21-11-2-3-13(18)14(19)10-11/h2-4,7,10,12H,5-6,8-9H2,1H3,(H,21,24). The second-order valence-corrected chi connectivity index (χ2v) is 6.56. The maximum absolute atomic E-state index is 12.4. The van der Waals surface area contributed by atoms with Gasteiger partial charge >= 0.3 is 12.0 Å². The van der Waals surface area contributed by atoms with Crippen LogP contribution in [0.4, 0.5) is 10.5 Å². The number of benzene rings is 1. The van der Waals surface area contributed by atoms with Crippen LogP contribution in [0.15, 0.2) is 30.5 Å². The molecule has 1 aliphatic rings. The summed E-state index contributed by atoms with van der Waals surface area (Å²) in [4.78, 5) is 22.2. The summed E-state index contributed by atoms with van der Waals surface area (Å²) in [6.07, 6.45) is 2.99. The van der Waals surface area contributed by atoms with Gasteiger partial charge < -0.3 is 19.7 Å². The minimum atomic E-state index is -0.175. The predicted octanol–water partition coefficient (Wildman–Crippen LogP) is 3.87. The molecule has 1 N–H and O–H groups in total. The molecule has 0 unspecified atom stereocenters. The molecule has 0 spiro atoms. The minimum absolute atomic E-state index is 0.0105. The second-order valence-electron chi connectivity index (χ2n) is 5.74. The summed E-state index contributed by atoms with van der Waals surface area (Å²) in [6.45, 7) is 1.17. The van der Waals surface area contributed by atoms with Crippen molar-refractivity contribution < 1.29 is 14.3 Å². The molecule has 1 aromatic carbocycles. The lowest BCUT2D eigenvalue weighted by molar-refractivity contribution is 0.110. The van der Waals surface area contributed by atoms with Crippen molar-refractivity contribution in [2.75, 3.05) is 25.5 Å². The van der Waals surface area contributed by atoms with Crippen LogP contribution in [0.25, 0.3) is 0 Å². The SMILES string of the molecule is COc1nccc(OC2CCN(C(=O)Nc3ccc(Cl)c(Cl)c3)CC2)n1. The quantitative estimate of drug-likeness (QED) is 0.848. The van der Waals surface area contributed by atoms with Crippen LogP contribution >= 0.6 is 23.2 Å². The highest BCUT2D eigenvalue weighted by Gasteiger charge is 2.24. The van der Waals surface area contributed by atoms with Crippen molar-refractivity contribution >= 4 is 34.9 Å². The summed E-state index contributed by atoms with van der Waals surface area (Å²) >= 11 is 11.8. The Morgan fingerprint density at radius 2 is 2.00 bits per heavy atom. The summed E-state index contributed by atoms with van der Waals surface area (Å²) in [5.74, 6) is 0.468. The minimum Gasteiger partial charge on any atom is -0.474 e.